The monoisotopic (exact) mass is 184 g/mol. The third kappa shape index (κ3) is 4.11. The van der Waals surface area contributed by atoms with Crippen LogP contribution in [0.3, 0.4) is 0 Å². The molecule has 0 radical (unpaired) electrons. The fourth-order valence-electron chi connectivity index (χ4n) is 0.620. The maximum atomic E-state index is 11.0. The maximum Gasteiger partial charge on any atom is 0.413 e. The van der Waals surface area contributed by atoms with E-state index in [0.717, 1.165) is 0 Å². The molecule has 1 unspecified atom stereocenters. The van der Waals surface area contributed by atoms with Crippen molar-refractivity contribution in [3.05, 3.63) is 11.4 Å². The van der Waals surface area contributed by atoms with E-state index < -0.39 is 12.1 Å². The first-order valence-corrected chi connectivity index (χ1v) is 3.98. The minimum Gasteiger partial charge on any atom is -0.459 e. The number of nitrogens with one attached hydrogen (secondary N) is 1. The SMILES string of the molecule is [C-]#[N+]C(NC(=O)CC)C(=O)OCC. The lowest BCUT2D eigenvalue weighted by Crippen LogP contribution is -2.39. The quantitative estimate of drug-likeness (QED) is 0.505. The van der Waals surface area contributed by atoms with E-state index in [9.17, 15) is 9.59 Å². The number of rotatable bonds is 4. The molecule has 0 bridgehead atoms. The second-order valence-electron chi connectivity index (χ2n) is 2.20. The van der Waals surface area contributed by atoms with Crippen molar-refractivity contribution in [2.24, 2.45) is 0 Å². The molecule has 5 nitrogen and oxygen atoms in total. The van der Waals surface area contributed by atoms with Gasteiger partial charge in [-0.1, -0.05) is 6.92 Å². The summed E-state index contributed by atoms with van der Waals surface area (Å²) in [6, 6.07) is 0. The smallest absolute Gasteiger partial charge is 0.413 e. The first-order valence-electron chi connectivity index (χ1n) is 3.98. The lowest BCUT2D eigenvalue weighted by Gasteiger charge is -2.05. The van der Waals surface area contributed by atoms with Gasteiger partial charge in [-0.15, -0.1) is 0 Å². The minimum atomic E-state index is -1.20. The molecule has 0 aromatic heterocycles. The largest absolute Gasteiger partial charge is 0.459 e. The molecule has 0 spiro atoms. The predicted octanol–water partition coefficient (Wildman–Crippen LogP) is 0.321. The van der Waals surface area contributed by atoms with Crippen LogP contribution in [-0.4, -0.2) is 24.6 Å². The molecule has 0 aromatic rings. The van der Waals surface area contributed by atoms with Crippen molar-refractivity contribution >= 4 is 11.9 Å². The average molecular weight is 184 g/mol. The van der Waals surface area contributed by atoms with Gasteiger partial charge in [-0.2, -0.15) is 0 Å². The molecule has 0 aromatic carbocycles. The highest BCUT2D eigenvalue weighted by Crippen LogP contribution is 1.92. The van der Waals surface area contributed by atoms with E-state index in [1.165, 1.54) is 0 Å². The molecule has 5 heteroatoms. The van der Waals surface area contributed by atoms with Crippen molar-refractivity contribution in [1.82, 2.24) is 5.32 Å². The topological polar surface area (TPSA) is 59.8 Å². The van der Waals surface area contributed by atoms with E-state index in [0.29, 0.717) is 0 Å². The summed E-state index contributed by atoms with van der Waals surface area (Å²) >= 11 is 0. The van der Waals surface area contributed by atoms with Crippen LogP contribution in [0.2, 0.25) is 0 Å². The zero-order valence-corrected chi connectivity index (χ0v) is 7.66. The van der Waals surface area contributed by atoms with E-state index >= 15 is 0 Å². The van der Waals surface area contributed by atoms with E-state index in [1.807, 2.05) is 0 Å². The number of amides is 1. The lowest BCUT2D eigenvalue weighted by atomic mass is 10.4. The molecular formula is C8H12N2O3. The van der Waals surface area contributed by atoms with Crippen molar-refractivity contribution in [3.8, 4) is 0 Å². The highest BCUT2D eigenvalue weighted by Gasteiger charge is 2.25. The van der Waals surface area contributed by atoms with Gasteiger partial charge in [0.05, 0.1) is 6.61 Å². The van der Waals surface area contributed by atoms with Gasteiger partial charge in [-0.05, 0) is 6.92 Å². The number of hydrogen-bond donors (Lipinski definition) is 1. The molecule has 1 amide bonds. The van der Waals surface area contributed by atoms with Crippen molar-refractivity contribution in [2.45, 2.75) is 26.4 Å². The number of carbonyl (C=O) groups is 2. The van der Waals surface area contributed by atoms with Crippen LogP contribution in [0.1, 0.15) is 20.3 Å². The van der Waals surface area contributed by atoms with Gasteiger partial charge in [0.15, 0.2) is 0 Å². The fourth-order valence-corrected chi connectivity index (χ4v) is 0.620. The van der Waals surface area contributed by atoms with Crippen molar-refractivity contribution in [2.75, 3.05) is 6.61 Å². The van der Waals surface area contributed by atoms with Crippen LogP contribution in [-0.2, 0) is 14.3 Å². The molecule has 0 saturated heterocycles. The number of carbonyl (C=O) groups excluding carboxylic acids is 2. The van der Waals surface area contributed by atoms with E-state index in [1.54, 1.807) is 13.8 Å². The van der Waals surface area contributed by atoms with Crippen LogP contribution in [0.25, 0.3) is 4.85 Å². The van der Waals surface area contributed by atoms with Gasteiger partial charge in [0.25, 0.3) is 0 Å². The summed E-state index contributed by atoms with van der Waals surface area (Å²) in [5, 5.41) is 2.23. The summed E-state index contributed by atoms with van der Waals surface area (Å²) in [6.45, 7) is 10.1. The van der Waals surface area contributed by atoms with Gasteiger partial charge in [0, 0.05) is 6.42 Å². The number of esters is 1. The standard InChI is InChI=1S/C8H12N2O3/c1-4-6(11)10-7(9-3)8(12)13-5-2/h7H,4-5H2,1-2H3,(H,10,11). The Labute approximate surface area is 76.9 Å². The second kappa shape index (κ2) is 6.00. The normalized spacial score (nSPS) is 11.2. The molecule has 13 heavy (non-hydrogen) atoms. The van der Waals surface area contributed by atoms with Crippen LogP contribution < -0.4 is 5.32 Å². The van der Waals surface area contributed by atoms with Gasteiger partial charge in [0.1, 0.15) is 0 Å². The summed E-state index contributed by atoms with van der Waals surface area (Å²) < 4.78 is 4.57. The number of nitrogens with zero attached hydrogens (tertiary/aromatic N) is 1. The van der Waals surface area contributed by atoms with Crippen LogP contribution in [0, 0.1) is 6.57 Å². The molecule has 0 saturated carbocycles. The first kappa shape index (κ1) is 11.4. The van der Waals surface area contributed by atoms with Gasteiger partial charge < -0.3 is 4.74 Å². The molecule has 0 rings (SSSR count). The summed E-state index contributed by atoms with van der Waals surface area (Å²) in [5.74, 6) is -1.05. The Morgan fingerprint density at radius 1 is 1.54 bits per heavy atom. The van der Waals surface area contributed by atoms with Crippen LogP contribution in [0.4, 0.5) is 0 Å². The predicted molar refractivity (Wildman–Crippen MR) is 45.5 cm³/mol. The zero-order valence-electron chi connectivity index (χ0n) is 7.66. The molecule has 0 fully saturated rings. The van der Waals surface area contributed by atoms with Crippen molar-refractivity contribution < 1.29 is 14.3 Å². The number of hydrogen-bond acceptors (Lipinski definition) is 3. The Kier molecular flexibility index (Phi) is 5.28. The Morgan fingerprint density at radius 2 is 2.15 bits per heavy atom. The van der Waals surface area contributed by atoms with Crippen LogP contribution >= 0.6 is 0 Å². The van der Waals surface area contributed by atoms with Gasteiger partial charge in [-0.3, -0.25) is 15.0 Å². The van der Waals surface area contributed by atoms with Gasteiger partial charge in [-0.25, -0.2) is 11.4 Å². The molecule has 0 aliphatic heterocycles. The lowest BCUT2D eigenvalue weighted by molar-refractivity contribution is -0.146. The van der Waals surface area contributed by atoms with Crippen molar-refractivity contribution in [1.29, 1.82) is 0 Å². The molecule has 1 atom stereocenters. The summed E-state index contributed by atoms with van der Waals surface area (Å²) in [4.78, 5) is 24.7. The second-order valence-corrected chi connectivity index (χ2v) is 2.20. The third-order valence-electron chi connectivity index (χ3n) is 1.26. The highest BCUT2D eigenvalue weighted by molar-refractivity contribution is 5.85. The molecular weight excluding hydrogens is 172 g/mol. The zero-order chi connectivity index (χ0) is 10.3. The molecule has 72 valence electrons. The van der Waals surface area contributed by atoms with E-state index in [-0.39, 0.29) is 18.9 Å². The summed E-state index contributed by atoms with van der Waals surface area (Å²) in [6.07, 6.45) is -0.960. The van der Waals surface area contributed by atoms with Crippen LogP contribution in [0.15, 0.2) is 0 Å². The number of ether oxygens (including phenoxy) is 1. The fraction of sp³-hybridized carbons (Fsp3) is 0.625. The average Bonchev–Trinajstić information content (AvgIpc) is 2.14. The molecule has 0 heterocycles. The Balaban J connectivity index is 4.12. The first-order chi connectivity index (χ1) is 6.15. The Hall–Kier alpha value is -1.57. The third-order valence-corrected chi connectivity index (χ3v) is 1.26. The van der Waals surface area contributed by atoms with Gasteiger partial charge in [0.2, 0.25) is 5.91 Å². The van der Waals surface area contributed by atoms with E-state index in [4.69, 9.17) is 6.57 Å². The Morgan fingerprint density at radius 3 is 2.54 bits per heavy atom. The van der Waals surface area contributed by atoms with Crippen LogP contribution in [0.5, 0.6) is 0 Å². The highest BCUT2D eigenvalue weighted by atomic mass is 16.5. The molecule has 1 N–H and O–H groups in total. The summed E-state index contributed by atoms with van der Waals surface area (Å²) in [5.41, 5.74) is 0. The minimum absolute atomic E-state index is 0.201. The molecule has 0 aliphatic carbocycles. The molecule has 0 aliphatic rings. The maximum absolute atomic E-state index is 11.0. The van der Waals surface area contributed by atoms with E-state index in [2.05, 4.69) is 14.9 Å². The Bertz CT molecular complexity index is 232. The summed E-state index contributed by atoms with van der Waals surface area (Å²) in [7, 11) is 0. The van der Waals surface area contributed by atoms with Crippen molar-refractivity contribution in [3.63, 3.8) is 0 Å². The van der Waals surface area contributed by atoms with Gasteiger partial charge >= 0.3 is 12.1 Å².